The van der Waals surface area contributed by atoms with Gasteiger partial charge in [-0.25, -0.2) is 0 Å². The minimum absolute atomic E-state index is 0.0201. The van der Waals surface area contributed by atoms with E-state index in [1.54, 1.807) is 0 Å². The van der Waals surface area contributed by atoms with E-state index in [-0.39, 0.29) is 12.1 Å². The van der Waals surface area contributed by atoms with Crippen LogP contribution in [0.5, 0.6) is 0 Å². The Bertz CT molecular complexity index is 793. The molecular weight excluding hydrogens is 470 g/mol. The van der Waals surface area contributed by atoms with Gasteiger partial charge in [0, 0.05) is 19.6 Å². The Balaban J connectivity index is 1.14. The Morgan fingerprint density at radius 2 is 1.66 bits per heavy atom. The van der Waals surface area contributed by atoms with E-state index >= 15 is 0 Å². The number of nitrogens with zero attached hydrogens (tertiary/aromatic N) is 1. The Morgan fingerprint density at radius 3 is 2.42 bits per heavy atom. The van der Waals surface area contributed by atoms with Gasteiger partial charge in [-0.05, 0) is 110 Å². The molecule has 5 fully saturated rings. The highest BCUT2D eigenvalue weighted by molar-refractivity contribution is 5.69. The van der Waals surface area contributed by atoms with Crippen LogP contribution in [0.15, 0.2) is 0 Å². The van der Waals surface area contributed by atoms with Crippen LogP contribution in [0.25, 0.3) is 0 Å². The number of hydrogen-bond acceptors (Lipinski definition) is 4. The zero-order valence-electron chi connectivity index (χ0n) is 25.5. The summed E-state index contributed by atoms with van der Waals surface area (Å²) in [6.07, 6.45) is 17.0. The van der Waals surface area contributed by atoms with Crippen molar-refractivity contribution in [1.29, 1.82) is 0 Å². The molecule has 0 spiro atoms. The number of carbonyl (C=O) groups excluding carboxylic acids is 1. The van der Waals surface area contributed by atoms with Crippen molar-refractivity contribution >= 4 is 5.97 Å². The minimum Gasteiger partial charge on any atom is -0.462 e. The molecule has 0 aromatic rings. The third-order valence-corrected chi connectivity index (χ3v) is 12.9. The predicted molar refractivity (Wildman–Crippen MR) is 155 cm³/mol. The maximum atomic E-state index is 12.7. The second-order valence-corrected chi connectivity index (χ2v) is 15.3. The van der Waals surface area contributed by atoms with E-state index in [2.05, 4.69) is 39.5 Å². The second-order valence-electron chi connectivity index (χ2n) is 15.3. The molecule has 5 aliphatic rings. The SMILES string of the molecule is CC(C)CCC[C@@H](C)[C@H]1CC[C@H]2[C@@H]3CCC4C[C@@H](OC(=O)CCN5CCOCC5)CC[C@]4(C)[C@H]3CC[C@]12C. The molecular formula is C34H59NO3. The zero-order chi connectivity index (χ0) is 26.9. The third kappa shape index (κ3) is 5.88. The van der Waals surface area contributed by atoms with Gasteiger partial charge in [0.25, 0.3) is 0 Å². The molecule has 0 amide bonds. The van der Waals surface area contributed by atoms with Crippen molar-refractivity contribution in [3.63, 3.8) is 0 Å². The van der Waals surface area contributed by atoms with Crippen molar-refractivity contribution < 1.29 is 14.3 Å². The van der Waals surface area contributed by atoms with Gasteiger partial charge in [0.05, 0.1) is 19.6 Å². The summed E-state index contributed by atoms with van der Waals surface area (Å²) in [5.74, 6) is 6.22. The highest BCUT2D eigenvalue weighted by atomic mass is 16.5. The molecule has 0 radical (unpaired) electrons. The van der Waals surface area contributed by atoms with E-state index in [0.29, 0.717) is 17.3 Å². The Kier molecular flexibility index (Phi) is 9.20. The van der Waals surface area contributed by atoms with Gasteiger partial charge in [0.1, 0.15) is 6.10 Å². The van der Waals surface area contributed by atoms with Gasteiger partial charge in [0.15, 0.2) is 0 Å². The summed E-state index contributed by atoms with van der Waals surface area (Å²) in [7, 11) is 0. The molecule has 4 saturated carbocycles. The summed E-state index contributed by atoms with van der Waals surface area (Å²) >= 11 is 0. The van der Waals surface area contributed by atoms with Crippen LogP contribution in [-0.4, -0.2) is 49.8 Å². The second kappa shape index (κ2) is 12.1. The van der Waals surface area contributed by atoms with Gasteiger partial charge in [0.2, 0.25) is 0 Å². The van der Waals surface area contributed by atoms with Gasteiger partial charge in [-0.3, -0.25) is 9.69 Å². The van der Waals surface area contributed by atoms with Crippen molar-refractivity contribution in [1.82, 2.24) is 4.90 Å². The normalized spacial score (nSPS) is 42.3. The Labute approximate surface area is 234 Å². The molecule has 1 aliphatic heterocycles. The summed E-state index contributed by atoms with van der Waals surface area (Å²) in [4.78, 5) is 15.0. The van der Waals surface area contributed by atoms with Crippen LogP contribution in [-0.2, 0) is 14.3 Å². The molecule has 4 nitrogen and oxygen atoms in total. The number of fused-ring (bicyclic) bond motifs is 5. The first kappa shape index (κ1) is 28.9. The molecule has 0 aromatic carbocycles. The fraction of sp³-hybridized carbons (Fsp3) is 0.971. The van der Waals surface area contributed by atoms with E-state index in [1.807, 2.05) is 0 Å². The first-order valence-electron chi connectivity index (χ1n) is 16.7. The predicted octanol–water partition coefficient (Wildman–Crippen LogP) is 7.74. The number of hydrogen-bond donors (Lipinski definition) is 0. The van der Waals surface area contributed by atoms with Crippen molar-refractivity contribution in [3.8, 4) is 0 Å². The molecule has 218 valence electrons. The van der Waals surface area contributed by atoms with Crippen LogP contribution in [0.2, 0.25) is 0 Å². The zero-order valence-corrected chi connectivity index (χ0v) is 25.5. The van der Waals surface area contributed by atoms with Crippen molar-refractivity contribution in [3.05, 3.63) is 0 Å². The van der Waals surface area contributed by atoms with E-state index in [0.717, 1.165) is 87.1 Å². The maximum Gasteiger partial charge on any atom is 0.307 e. The van der Waals surface area contributed by atoms with Gasteiger partial charge >= 0.3 is 5.97 Å². The lowest BCUT2D eigenvalue weighted by molar-refractivity contribution is -0.163. The van der Waals surface area contributed by atoms with E-state index in [9.17, 15) is 4.79 Å². The lowest BCUT2D eigenvalue weighted by Crippen LogP contribution is -2.54. The smallest absolute Gasteiger partial charge is 0.307 e. The molecule has 4 aliphatic carbocycles. The number of rotatable bonds is 9. The van der Waals surface area contributed by atoms with Crippen molar-refractivity contribution in [2.24, 2.45) is 52.3 Å². The molecule has 9 atom stereocenters. The van der Waals surface area contributed by atoms with Crippen LogP contribution in [0, 0.1) is 52.3 Å². The molecule has 1 unspecified atom stereocenters. The van der Waals surface area contributed by atoms with Crippen LogP contribution >= 0.6 is 0 Å². The monoisotopic (exact) mass is 529 g/mol. The van der Waals surface area contributed by atoms with Crippen LogP contribution < -0.4 is 0 Å². The highest BCUT2D eigenvalue weighted by Gasteiger charge is 2.60. The van der Waals surface area contributed by atoms with Gasteiger partial charge in [-0.2, -0.15) is 0 Å². The van der Waals surface area contributed by atoms with Crippen LogP contribution in [0.1, 0.15) is 118 Å². The number of carbonyl (C=O) groups is 1. The molecule has 0 aromatic heterocycles. The quantitative estimate of drug-likeness (QED) is 0.286. The summed E-state index contributed by atoms with van der Waals surface area (Å²) < 4.78 is 11.5. The van der Waals surface area contributed by atoms with Gasteiger partial charge < -0.3 is 9.47 Å². The lowest BCUT2D eigenvalue weighted by Gasteiger charge is -2.61. The standard InChI is InChI=1S/C34H59NO3/c1-24(2)7-6-8-25(3)29-11-12-30-28-10-9-26-23-27(38-32(36)15-18-35-19-21-37-22-20-35)13-16-33(26,4)31(28)14-17-34(29,30)5/h24-31H,6-23H2,1-5H3/t25-,26?,27+,28+,29-,30+,31+,33+,34-/m1/s1. The molecule has 1 heterocycles. The largest absolute Gasteiger partial charge is 0.462 e. The van der Waals surface area contributed by atoms with Crippen LogP contribution in [0.4, 0.5) is 0 Å². The summed E-state index contributed by atoms with van der Waals surface area (Å²) in [6.45, 7) is 17.0. The topological polar surface area (TPSA) is 38.8 Å². The summed E-state index contributed by atoms with van der Waals surface area (Å²) in [6, 6.07) is 0. The Hall–Kier alpha value is -0.610. The van der Waals surface area contributed by atoms with Crippen LogP contribution in [0.3, 0.4) is 0 Å². The fourth-order valence-electron chi connectivity index (χ4n) is 10.7. The summed E-state index contributed by atoms with van der Waals surface area (Å²) in [5, 5.41) is 0. The van der Waals surface area contributed by atoms with Crippen molar-refractivity contribution in [2.45, 2.75) is 124 Å². The first-order valence-corrected chi connectivity index (χ1v) is 16.7. The third-order valence-electron chi connectivity index (χ3n) is 12.9. The molecule has 0 bridgehead atoms. The van der Waals surface area contributed by atoms with E-state index < -0.39 is 0 Å². The average molecular weight is 530 g/mol. The highest BCUT2D eigenvalue weighted by Crippen LogP contribution is 2.68. The van der Waals surface area contributed by atoms with Crippen molar-refractivity contribution in [2.75, 3.05) is 32.8 Å². The van der Waals surface area contributed by atoms with E-state index in [4.69, 9.17) is 9.47 Å². The van der Waals surface area contributed by atoms with Gasteiger partial charge in [-0.1, -0.05) is 53.9 Å². The summed E-state index contributed by atoms with van der Waals surface area (Å²) in [5.41, 5.74) is 1.04. The minimum atomic E-state index is 0.0201. The number of esters is 1. The first-order chi connectivity index (χ1) is 18.2. The Morgan fingerprint density at radius 1 is 0.921 bits per heavy atom. The van der Waals surface area contributed by atoms with E-state index in [1.165, 1.54) is 64.2 Å². The maximum absolute atomic E-state index is 12.7. The molecule has 4 heteroatoms. The lowest BCUT2D eigenvalue weighted by atomic mass is 9.44. The average Bonchev–Trinajstić information content (AvgIpc) is 3.25. The van der Waals surface area contributed by atoms with Gasteiger partial charge in [-0.15, -0.1) is 0 Å². The molecule has 0 N–H and O–H groups in total. The molecule has 5 rings (SSSR count). The number of ether oxygens (including phenoxy) is 2. The number of morpholine rings is 1. The fourth-order valence-corrected chi connectivity index (χ4v) is 10.7. The molecule has 38 heavy (non-hydrogen) atoms. The molecule has 1 saturated heterocycles.